The Morgan fingerprint density at radius 2 is 1.88 bits per heavy atom. The van der Waals surface area contributed by atoms with Gasteiger partial charge in [-0.2, -0.15) is 0 Å². The summed E-state index contributed by atoms with van der Waals surface area (Å²) in [5.74, 6) is 0. The van der Waals surface area contributed by atoms with Crippen molar-refractivity contribution in [3.8, 4) is 0 Å². The number of aliphatic hydroxyl groups excluding tert-OH is 1. The first-order chi connectivity index (χ1) is 11.6. The van der Waals surface area contributed by atoms with Crippen LogP contribution in [0.5, 0.6) is 0 Å². The quantitative estimate of drug-likeness (QED) is 0.397. The lowest BCUT2D eigenvalue weighted by atomic mass is 9.94. The third-order valence-corrected chi connectivity index (χ3v) is 4.97. The predicted octanol–water partition coefficient (Wildman–Crippen LogP) is 4.06. The van der Waals surface area contributed by atoms with Gasteiger partial charge in [-0.05, 0) is 24.0 Å². The molecule has 0 bridgehead atoms. The molecule has 1 heterocycles. The molecule has 1 N–H and O–H groups in total. The van der Waals surface area contributed by atoms with Gasteiger partial charge in [0.2, 0.25) is 0 Å². The van der Waals surface area contributed by atoms with Crippen LogP contribution in [0.1, 0.15) is 69.1 Å². The fraction of sp³-hybridized carbons (Fsp3) is 0.684. The Morgan fingerprint density at radius 3 is 2.46 bits per heavy atom. The summed E-state index contributed by atoms with van der Waals surface area (Å²) in [5.41, 5.74) is 0.913. The molecule has 2 atom stereocenters. The molecule has 0 aliphatic carbocycles. The van der Waals surface area contributed by atoms with Gasteiger partial charge in [0.05, 0.1) is 12.5 Å². The number of nitro groups is 1. The zero-order valence-corrected chi connectivity index (χ0v) is 14.6. The second-order valence-corrected chi connectivity index (χ2v) is 6.90. The average molecular weight is 335 g/mol. The summed E-state index contributed by atoms with van der Waals surface area (Å²) < 4.78 is 5.58. The topological polar surface area (TPSA) is 72.6 Å². The van der Waals surface area contributed by atoms with E-state index in [9.17, 15) is 15.2 Å². The van der Waals surface area contributed by atoms with Crippen LogP contribution in [0.25, 0.3) is 0 Å². The highest BCUT2D eigenvalue weighted by Crippen LogP contribution is 2.36. The fourth-order valence-electron chi connectivity index (χ4n) is 3.24. The second-order valence-electron chi connectivity index (χ2n) is 6.90. The Kier molecular flexibility index (Phi) is 7.18. The molecule has 1 aromatic carbocycles. The number of unbranched alkanes of at least 4 members (excludes halogenated alkanes) is 5. The van der Waals surface area contributed by atoms with Gasteiger partial charge < -0.3 is 9.84 Å². The van der Waals surface area contributed by atoms with Gasteiger partial charge >= 0.3 is 0 Å². The number of hydrogen-bond donors (Lipinski definition) is 1. The van der Waals surface area contributed by atoms with Crippen LogP contribution in [0, 0.1) is 10.1 Å². The summed E-state index contributed by atoms with van der Waals surface area (Å²) in [5, 5.41) is 20.5. The maximum Gasteiger partial charge on any atom is 0.270 e. The molecule has 1 aliphatic heterocycles. The SMILES string of the molecule is CCCCCCCCc1ccc([C@@H]2C[C@@](CO)([N+](=O)[O-])CO2)cc1. The third kappa shape index (κ3) is 4.77. The van der Waals surface area contributed by atoms with Crippen molar-refractivity contribution in [3.63, 3.8) is 0 Å². The van der Waals surface area contributed by atoms with Gasteiger partial charge in [-0.15, -0.1) is 0 Å². The van der Waals surface area contributed by atoms with Crippen molar-refractivity contribution < 1.29 is 14.8 Å². The number of aliphatic hydroxyl groups is 1. The predicted molar refractivity (Wildman–Crippen MR) is 93.6 cm³/mol. The Morgan fingerprint density at radius 1 is 1.21 bits per heavy atom. The Bertz CT molecular complexity index is 517. The molecule has 5 heteroatoms. The molecule has 24 heavy (non-hydrogen) atoms. The Hall–Kier alpha value is -1.46. The van der Waals surface area contributed by atoms with E-state index in [2.05, 4.69) is 19.1 Å². The Balaban J connectivity index is 1.81. The molecule has 0 spiro atoms. The molecule has 1 aliphatic rings. The summed E-state index contributed by atoms with van der Waals surface area (Å²) in [4.78, 5) is 10.8. The molecule has 2 rings (SSSR count). The largest absolute Gasteiger partial charge is 0.389 e. The van der Waals surface area contributed by atoms with E-state index >= 15 is 0 Å². The highest BCUT2D eigenvalue weighted by Gasteiger charge is 2.51. The summed E-state index contributed by atoms with van der Waals surface area (Å²) in [6, 6.07) is 8.20. The van der Waals surface area contributed by atoms with Gasteiger partial charge in [-0.3, -0.25) is 10.1 Å². The minimum Gasteiger partial charge on any atom is -0.389 e. The number of nitrogens with zero attached hydrogens (tertiary/aromatic N) is 1. The van der Waals surface area contributed by atoms with E-state index in [-0.39, 0.29) is 19.1 Å². The summed E-state index contributed by atoms with van der Waals surface area (Å²) >= 11 is 0. The van der Waals surface area contributed by atoms with E-state index < -0.39 is 17.1 Å². The zero-order chi connectivity index (χ0) is 17.4. The van der Waals surface area contributed by atoms with Crippen LogP contribution in [-0.2, 0) is 11.2 Å². The van der Waals surface area contributed by atoms with Gasteiger partial charge in [0, 0.05) is 4.92 Å². The molecule has 0 unspecified atom stereocenters. The molecule has 5 nitrogen and oxygen atoms in total. The van der Waals surface area contributed by atoms with Crippen molar-refractivity contribution in [1.29, 1.82) is 0 Å². The molecular weight excluding hydrogens is 306 g/mol. The average Bonchev–Trinajstić information content (AvgIpc) is 3.04. The van der Waals surface area contributed by atoms with Gasteiger partial charge in [0.25, 0.3) is 5.54 Å². The minimum absolute atomic E-state index is 0.0271. The van der Waals surface area contributed by atoms with Gasteiger partial charge in [0.1, 0.15) is 13.2 Å². The number of ether oxygens (including phenoxy) is 1. The first kappa shape index (κ1) is 18.9. The van der Waals surface area contributed by atoms with Crippen LogP contribution in [0.2, 0.25) is 0 Å². The van der Waals surface area contributed by atoms with E-state index in [1.807, 2.05) is 12.1 Å². The molecule has 1 fully saturated rings. The van der Waals surface area contributed by atoms with Gasteiger partial charge in [-0.25, -0.2) is 0 Å². The highest BCUT2D eigenvalue weighted by atomic mass is 16.6. The van der Waals surface area contributed by atoms with Crippen LogP contribution in [0.15, 0.2) is 24.3 Å². The molecule has 134 valence electrons. The number of rotatable bonds is 10. The fourth-order valence-corrected chi connectivity index (χ4v) is 3.24. The smallest absolute Gasteiger partial charge is 0.270 e. The van der Waals surface area contributed by atoms with E-state index in [0.29, 0.717) is 0 Å². The van der Waals surface area contributed by atoms with Gasteiger partial charge in [0.15, 0.2) is 0 Å². The lowest BCUT2D eigenvalue weighted by molar-refractivity contribution is -0.570. The van der Waals surface area contributed by atoms with Crippen LogP contribution in [-0.4, -0.2) is 28.8 Å². The number of hydrogen-bond acceptors (Lipinski definition) is 4. The molecule has 0 aromatic heterocycles. The standard InChI is InChI=1S/C19H29NO4/c1-2-3-4-5-6-7-8-16-9-11-17(12-10-16)18-13-19(14-21,15-24-18)20(22)23/h9-12,18,21H,2-8,13-15H2,1H3/t18-,19-/m0/s1. The van der Waals surface area contributed by atoms with Crippen molar-refractivity contribution >= 4 is 0 Å². The van der Waals surface area contributed by atoms with Crippen LogP contribution >= 0.6 is 0 Å². The summed E-state index contributed by atoms with van der Waals surface area (Å²) in [6.45, 7) is 1.72. The van der Waals surface area contributed by atoms with E-state index in [4.69, 9.17) is 4.74 Å². The molecule has 0 radical (unpaired) electrons. The molecule has 0 amide bonds. The molecule has 1 aromatic rings. The minimum atomic E-state index is -1.35. The molecular formula is C19H29NO4. The van der Waals surface area contributed by atoms with Crippen molar-refractivity contribution in [1.82, 2.24) is 0 Å². The summed E-state index contributed by atoms with van der Waals surface area (Å²) in [6.07, 6.45) is 8.73. The normalized spacial score (nSPS) is 23.5. The highest BCUT2D eigenvalue weighted by molar-refractivity contribution is 5.25. The van der Waals surface area contributed by atoms with Crippen LogP contribution in [0.4, 0.5) is 0 Å². The van der Waals surface area contributed by atoms with Crippen LogP contribution in [0.3, 0.4) is 0 Å². The second kappa shape index (κ2) is 9.14. The van der Waals surface area contributed by atoms with Crippen LogP contribution < -0.4 is 0 Å². The number of aryl methyl sites for hydroxylation is 1. The van der Waals surface area contributed by atoms with E-state index in [1.165, 1.54) is 44.1 Å². The van der Waals surface area contributed by atoms with E-state index in [1.54, 1.807) is 0 Å². The van der Waals surface area contributed by atoms with Crippen molar-refractivity contribution in [2.75, 3.05) is 13.2 Å². The summed E-state index contributed by atoms with van der Waals surface area (Å²) in [7, 11) is 0. The van der Waals surface area contributed by atoms with Gasteiger partial charge in [-0.1, -0.05) is 63.3 Å². The molecule has 0 saturated carbocycles. The first-order valence-electron chi connectivity index (χ1n) is 9.07. The van der Waals surface area contributed by atoms with E-state index in [0.717, 1.165) is 12.0 Å². The lowest BCUT2D eigenvalue weighted by Crippen LogP contribution is -2.42. The maximum absolute atomic E-state index is 11.2. The molecule has 1 saturated heterocycles. The third-order valence-electron chi connectivity index (χ3n) is 4.97. The maximum atomic E-state index is 11.2. The zero-order valence-electron chi connectivity index (χ0n) is 14.6. The van der Waals surface area contributed by atoms with Crippen molar-refractivity contribution in [2.24, 2.45) is 0 Å². The van der Waals surface area contributed by atoms with Crippen molar-refractivity contribution in [3.05, 3.63) is 45.5 Å². The monoisotopic (exact) mass is 335 g/mol. The first-order valence-corrected chi connectivity index (χ1v) is 9.07. The van der Waals surface area contributed by atoms with Crippen molar-refractivity contribution in [2.45, 2.75) is 69.9 Å². The Labute approximate surface area is 144 Å². The lowest BCUT2D eigenvalue weighted by Gasteiger charge is -2.15. The number of benzene rings is 1.